The van der Waals surface area contributed by atoms with Gasteiger partial charge in [-0.2, -0.15) is 0 Å². The van der Waals surface area contributed by atoms with Gasteiger partial charge >= 0.3 is 0 Å². The second kappa shape index (κ2) is 6.25. The molecule has 4 nitrogen and oxygen atoms in total. The van der Waals surface area contributed by atoms with Crippen LogP contribution in [0, 0.1) is 11.6 Å². The summed E-state index contributed by atoms with van der Waals surface area (Å²) in [7, 11) is 0. The van der Waals surface area contributed by atoms with Gasteiger partial charge in [-0.05, 0) is 23.6 Å². The topological polar surface area (TPSA) is 58.2 Å². The van der Waals surface area contributed by atoms with Crippen molar-refractivity contribution in [1.29, 1.82) is 0 Å². The van der Waals surface area contributed by atoms with Crippen LogP contribution in [0.2, 0.25) is 0 Å². The second-order valence-electron chi connectivity index (χ2n) is 3.83. The molecular formula is C13H10F2N2O2S. The zero-order valence-electron chi connectivity index (χ0n) is 10.2. The molecule has 0 unspecified atom stereocenters. The normalized spacial score (nSPS) is 10.1. The molecule has 2 aromatic rings. The molecule has 0 saturated carbocycles. The maximum atomic E-state index is 13.3. The van der Waals surface area contributed by atoms with Gasteiger partial charge in [-0.1, -0.05) is 6.07 Å². The van der Waals surface area contributed by atoms with Crippen LogP contribution in [0.5, 0.6) is 0 Å². The number of anilines is 1. The Morgan fingerprint density at radius 3 is 2.65 bits per heavy atom. The van der Waals surface area contributed by atoms with E-state index in [1.807, 2.05) is 0 Å². The first-order valence-corrected chi connectivity index (χ1v) is 6.51. The molecule has 0 aliphatic rings. The summed E-state index contributed by atoms with van der Waals surface area (Å²) in [5.74, 6) is -2.58. The average molecular weight is 296 g/mol. The van der Waals surface area contributed by atoms with Crippen molar-refractivity contribution in [2.24, 2.45) is 0 Å². The van der Waals surface area contributed by atoms with Crippen LogP contribution in [-0.4, -0.2) is 18.4 Å². The predicted octanol–water partition coefficient (Wildman–Crippen LogP) is 2.39. The molecule has 2 amide bonds. The minimum absolute atomic E-state index is 0.137. The van der Waals surface area contributed by atoms with Gasteiger partial charge in [0.1, 0.15) is 11.6 Å². The highest BCUT2D eigenvalue weighted by Gasteiger charge is 2.11. The summed E-state index contributed by atoms with van der Waals surface area (Å²) in [4.78, 5) is 23.6. The lowest BCUT2D eigenvalue weighted by Gasteiger charge is -2.07. The minimum atomic E-state index is -0.872. The molecule has 1 aromatic heterocycles. The summed E-state index contributed by atoms with van der Waals surface area (Å²) in [6.45, 7) is -0.298. The Morgan fingerprint density at radius 2 is 2.00 bits per heavy atom. The smallest absolute Gasteiger partial charge is 0.261 e. The first kappa shape index (κ1) is 14.1. The van der Waals surface area contributed by atoms with Crippen molar-refractivity contribution < 1.29 is 18.4 Å². The number of nitrogens with one attached hydrogen (secondary N) is 2. The molecule has 7 heteroatoms. The van der Waals surface area contributed by atoms with Gasteiger partial charge in [0.05, 0.1) is 17.1 Å². The van der Waals surface area contributed by atoms with Crippen molar-refractivity contribution in [2.75, 3.05) is 11.9 Å². The monoisotopic (exact) mass is 296 g/mol. The first-order valence-electron chi connectivity index (χ1n) is 5.63. The van der Waals surface area contributed by atoms with E-state index in [0.717, 1.165) is 12.1 Å². The Labute approximate surface area is 117 Å². The van der Waals surface area contributed by atoms with Crippen molar-refractivity contribution in [2.45, 2.75) is 0 Å². The number of carbonyl (C=O) groups is 2. The van der Waals surface area contributed by atoms with Crippen LogP contribution < -0.4 is 10.6 Å². The third-order valence-corrected chi connectivity index (χ3v) is 3.23. The van der Waals surface area contributed by atoms with Gasteiger partial charge in [0, 0.05) is 6.07 Å². The molecule has 0 spiro atoms. The van der Waals surface area contributed by atoms with Crippen molar-refractivity contribution >= 4 is 28.8 Å². The van der Waals surface area contributed by atoms with E-state index < -0.39 is 17.5 Å². The number of amides is 2. The molecule has 2 rings (SSSR count). The van der Waals surface area contributed by atoms with E-state index in [4.69, 9.17) is 0 Å². The van der Waals surface area contributed by atoms with Crippen LogP contribution in [0.1, 0.15) is 9.67 Å². The Kier molecular flexibility index (Phi) is 4.41. The summed E-state index contributed by atoms with van der Waals surface area (Å²) in [5.41, 5.74) is -0.137. The lowest BCUT2D eigenvalue weighted by Crippen LogP contribution is -2.32. The van der Waals surface area contributed by atoms with Gasteiger partial charge in [0.25, 0.3) is 5.91 Å². The molecule has 1 heterocycles. The Balaban J connectivity index is 1.88. The summed E-state index contributed by atoms with van der Waals surface area (Å²) >= 11 is 1.25. The predicted molar refractivity (Wildman–Crippen MR) is 71.6 cm³/mol. The van der Waals surface area contributed by atoms with Crippen LogP contribution in [0.15, 0.2) is 35.7 Å². The van der Waals surface area contributed by atoms with E-state index in [2.05, 4.69) is 10.6 Å². The number of carbonyl (C=O) groups excluding carboxylic acids is 2. The Morgan fingerprint density at radius 1 is 1.20 bits per heavy atom. The molecule has 0 atom stereocenters. The number of halogens is 2. The van der Waals surface area contributed by atoms with Crippen LogP contribution in [-0.2, 0) is 4.79 Å². The highest BCUT2D eigenvalue weighted by Crippen LogP contribution is 2.14. The van der Waals surface area contributed by atoms with Gasteiger partial charge in [-0.15, -0.1) is 11.3 Å². The summed E-state index contributed by atoms with van der Waals surface area (Å²) in [5, 5.41) is 6.38. The SMILES string of the molecule is O=C(CNC(=O)c1cccs1)Nc1ccc(F)cc1F. The summed E-state index contributed by atoms with van der Waals surface area (Å²) in [6.07, 6.45) is 0. The van der Waals surface area contributed by atoms with Gasteiger partial charge in [0.15, 0.2) is 0 Å². The molecule has 104 valence electrons. The molecule has 0 saturated heterocycles. The minimum Gasteiger partial charge on any atom is -0.342 e. The molecule has 0 radical (unpaired) electrons. The fraction of sp³-hybridized carbons (Fsp3) is 0.0769. The quantitative estimate of drug-likeness (QED) is 0.910. The summed E-state index contributed by atoms with van der Waals surface area (Å²) < 4.78 is 26.0. The van der Waals surface area contributed by atoms with E-state index in [1.54, 1.807) is 17.5 Å². The van der Waals surface area contributed by atoms with E-state index >= 15 is 0 Å². The fourth-order valence-corrected chi connectivity index (χ4v) is 2.08. The zero-order valence-corrected chi connectivity index (χ0v) is 11.0. The molecular weight excluding hydrogens is 286 g/mol. The highest BCUT2D eigenvalue weighted by atomic mass is 32.1. The van der Waals surface area contributed by atoms with E-state index in [1.165, 1.54) is 11.3 Å². The molecule has 0 aliphatic carbocycles. The number of rotatable bonds is 4. The maximum absolute atomic E-state index is 13.3. The summed E-state index contributed by atoms with van der Waals surface area (Å²) in [6, 6.07) is 6.15. The van der Waals surface area contributed by atoms with Crippen LogP contribution in [0.25, 0.3) is 0 Å². The van der Waals surface area contributed by atoms with Crippen LogP contribution in [0.4, 0.5) is 14.5 Å². The first-order chi connectivity index (χ1) is 9.56. The van der Waals surface area contributed by atoms with Gasteiger partial charge < -0.3 is 10.6 Å². The largest absolute Gasteiger partial charge is 0.342 e. The van der Waals surface area contributed by atoms with E-state index in [9.17, 15) is 18.4 Å². The number of hydrogen-bond acceptors (Lipinski definition) is 3. The Bertz CT molecular complexity index is 629. The van der Waals surface area contributed by atoms with Crippen molar-refractivity contribution in [3.63, 3.8) is 0 Å². The van der Waals surface area contributed by atoms with Gasteiger partial charge in [-0.25, -0.2) is 8.78 Å². The van der Waals surface area contributed by atoms with E-state index in [0.29, 0.717) is 10.9 Å². The number of benzene rings is 1. The second-order valence-corrected chi connectivity index (χ2v) is 4.78. The van der Waals surface area contributed by atoms with Crippen molar-refractivity contribution in [1.82, 2.24) is 5.32 Å². The molecule has 1 aromatic carbocycles. The lowest BCUT2D eigenvalue weighted by molar-refractivity contribution is -0.115. The van der Waals surface area contributed by atoms with Crippen molar-refractivity contribution in [3.8, 4) is 0 Å². The third-order valence-electron chi connectivity index (χ3n) is 2.36. The molecule has 2 N–H and O–H groups in total. The average Bonchev–Trinajstić information content (AvgIpc) is 2.93. The number of thiophene rings is 1. The standard InChI is InChI=1S/C13H10F2N2O2S/c14-8-3-4-10(9(15)6-8)17-12(18)7-16-13(19)11-2-1-5-20-11/h1-6H,7H2,(H,16,19)(H,17,18). The van der Waals surface area contributed by atoms with E-state index in [-0.39, 0.29) is 18.1 Å². The van der Waals surface area contributed by atoms with Gasteiger partial charge in [-0.3, -0.25) is 9.59 Å². The third kappa shape index (κ3) is 3.61. The van der Waals surface area contributed by atoms with Gasteiger partial charge in [0.2, 0.25) is 5.91 Å². The molecule has 20 heavy (non-hydrogen) atoms. The molecule has 0 aliphatic heterocycles. The molecule has 0 fully saturated rings. The molecule has 0 bridgehead atoms. The number of hydrogen-bond donors (Lipinski definition) is 2. The fourth-order valence-electron chi connectivity index (χ4n) is 1.44. The van der Waals surface area contributed by atoms with Crippen LogP contribution in [0.3, 0.4) is 0 Å². The highest BCUT2D eigenvalue weighted by molar-refractivity contribution is 7.12. The Hall–Kier alpha value is -2.28. The maximum Gasteiger partial charge on any atom is 0.261 e. The van der Waals surface area contributed by atoms with Crippen molar-refractivity contribution in [3.05, 3.63) is 52.2 Å². The zero-order chi connectivity index (χ0) is 14.5. The van der Waals surface area contributed by atoms with Crippen LogP contribution >= 0.6 is 11.3 Å². The lowest BCUT2D eigenvalue weighted by atomic mass is 10.3.